The highest BCUT2D eigenvalue weighted by Crippen LogP contribution is 2.39. The van der Waals surface area contributed by atoms with Gasteiger partial charge in [0.25, 0.3) is 0 Å². The molecule has 17 nitrogen and oxygen atoms in total. The number of anilines is 2. The molecule has 0 bridgehead atoms. The second-order valence-corrected chi connectivity index (χ2v) is 21.9. The molecule has 2 atom stereocenters. The van der Waals surface area contributed by atoms with Gasteiger partial charge < -0.3 is 24.7 Å². The topological polar surface area (TPSA) is 189 Å². The summed E-state index contributed by atoms with van der Waals surface area (Å²) >= 11 is 9.02. The number of phenolic OH excluding ortho intramolecular Hbond substituents is 1. The van der Waals surface area contributed by atoms with Crippen molar-refractivity contribution < 1.29 is 27.9 Å². The average Bonchev–Trinajstić information content (AvgIpc) is 3.57. The number of piperazine rings is 2. The quantitative estimate of drug-likeness (QED) is 0.0732. The van der Waals surface area contributed by atoms with Crippen molar-refractivity contribution in [2.45, 2.75) is 89.1 Å². The highest BCUT2D eigenvalue weighted by Gasteiger charge is 2.34. The van der Waals surface area contributed by atoms with E-state index in [-0.39, 0.29) is 63.4 Å². The van der Waals surface area contributed by atoms with Gasteiger partial charge in [0.1, 0.15) is 28.9 Å². The van der Waals surface area contributed by atoms with E-state index in [9.17, 15) is 33.1 Å². The summed E-state index contributed by atoms with van der Waals surface area (Å²) < 4.78 is 48.3. The fourth-order valence-electron chi connectivity index (χ4n) is 10.0. The van der Waals surface area contributed by atoms with Crippen LogP contribution in [0.1, 0.15) is 76.2 Å². The van der Waals surface area contributed by atoms with E-state index in [2.05, 4.69) is 33.1 Å². The number of rotatable bonds is 11. The molecule has 1 aromatic carbocycles. The van der Waals surface area contributed by atoms with Crippen molar-refractivity contribution in [3.05, 3.63) is 134 Å². The Bertz CT molecular complexity index is 3710. The number of aromatic hydroxyl groups is 1. The van der Waals surface area contributed by atoms with Crippen LogP contribution in [0.3, 0.4) is 0 Å². The molecule has 2 aliphatic rings. The summed E-state index contributed by atoms with van der Waals surface area (Å²) in [7, 11) is 0. The maximum Gasteiger partial charge on any atom is 0.355 e. The van der Waals surface area contributed by atoms with Crippen molar-refractivity contribution in [1.82, 2.24) is 48.8 Å². The van der Waals surface area contributed by atoms with Crippen molar-refractivity contribution in [1.29, 1.82) is 0 Å². The maximum absolute atomic E-state index is 15.9. The van der Waals surface area contributed by atoms with E-state index >= 15 is 4.39 Å². The van der Waals surface area contributed by atoms with E-state index < -0.39 is 45.8 Å². The van der Waals surface area contributed by atoms with Gasteiger partial charge in [0.15, 0.2) is 28.1 Å². The number of carbonyl (C=O) groups excluding carboxylic acids is 2. The number of aryl methyl sites for hydroxylation is 2. The molecule has 2 amide bonds. The highest BCUT2D eigenvalue weighted by molar-refractivity contribution is 7.99. The fourth-order valence-corrected chi connectivity index (χ4v) is 11.5. The molecule has 7 aromatic rings. The second-order valence-electron chi connectivity index (χ2n) is 19.8. The van der Waals surface area contributed by atoms with E-state index in [0.717, 1.165) is 27.2 Å². The minimum absolute atomic E-state index is 0.00107. The van der Waals surface area contributed by atoms with Crippen LogP contribution < -0.4 is 21.2 Å². The molecule has 0 saturated carbocycles. The molecule has 79 heavy (non-hydrogen) atoms. The Morgan fingerprint density at radius 3 is 1.52 bits per heavy atom. The summed E-state index contributed by atoms with van der Waals surface area (Å²) in [4.78, 5) is 88.0. The number of phenols is 1. The number of benzene rings is 1. The van der Waals surface area contributed by atoms with Crippen molar-refractivity contribution in [2.24, 2.45) is 0 Å². The first-order chi connectivity index (χ1) is 37.5. The van der Waals surface area contributed by atoms with Gasteiger partial charge in [0.2, 0.25) is 11.8 Å². The number of amides is 2. The normalized spacial score (nSPS) is 15.7. The monoisotopic (exact) mass is 1140 g/mol. The Hall–Kier alpha value is -7.30. The predicted molar refractivity (Wildman–Crippen MR) is 306 cm³/mol. The zero-order valence-electron chi connectivity index (χ0n) is 45.4. The molecular weight excluding hydrogens is 1080 g/mol. The summed E-state index contributed by atoms with van der Waals surface area (Å²) in [5, 5.41) is 10.7. The third-order valence-corrected chi connectivity index (χ3v) is 15.5. The van der Waals surface area contributed by atoms with Gasteiger partial charge in [-0.15, -0.1) is 23.5 Å². The molecule has 6 aromatic heterocycles. The number of nitrogens with zero attached hydrogens (tertiary/aromatic N) is 12. The largest absolute Gasteiger partial charge is 0.507 e. The molecule has 0 unspecified atom stereocenters. The van der Waals surface area contributed by atoms with Crippen LogP contribution in [0.25, 0.3) is 44.7 Å². The van der Waals surface area contributed by atoms with Gasteiger partial charge in [-0.2, -0.15) is 9.97 Å². The number of halogens is 4. The molecule has 0 spiro atoms. The zero-order chi connectivity index (χ0) is 57.5. The van der Waals surface area contributed by atoms with Crippen LogP contribution in [0, 0.1) is 31.3 Å². The Balaban J connectivity index is 0.000000211. The summed E-state index contributed by atoms with van der Waals surface area (Å²) in [6.07, 6.45) is 6.33. The average molecular weight is 1140 g/mol. The molecule has 8 heterocycles. The SMILES string of the molecule is C=CC(=O)N1CCN(c2nc(=O)n(-c3c(SC)cc(C)nc3C(C)C)c3nc(-c4c(O)cccc4F)c(F)cc23)[C@@H](C)C1.C=CC(=O)N1CCN(c2nc(=O)n(-c3c(SC)cc(C)nc3C(C)C)c3nc(Cl)c(F)cc23)[C@@H](C)C1. The van der Waals surface area contributed by atoms with Crippen LogP contribution in [-0.4, -0.2) is 130 Å². The summed E-state index contributed by atoms with van der Waals surface area (Å²) in [6, 6.07) is 9.39. The Morgan fingerprint density at radius 1 is 0.671 bits per heavy atom. The first-order valence-corrected chi connectivity index (χ1v) is 28.2. The number of fused-ring (bicyclic) bond motifs is 2. The lowest BCUT2D eigenvalue weighted by Gasteiger charge is -2.40. The van der Waals surface area contributed by atoms with Gasteiger partial charge in [-0.25, -0.2) is 41.9 Å². The van der Waals surface area contributed by atoms with Crippen LogP contribution in [0.2, 0.25) is 5.15 Å². The number of pyridine rings is 4. The third kappa shape index (κ3) is 11.2. The van der Waals surface area contributed by atoms with Crippen molar-refractivity contribution in [3.8, 4) is 28.4 Å². The standard InChI is InChI=1S/C31H32F2N6O3S.C25H28ClFN6O2S/c1-7-24(41)37-11-12-38(18(5)15-37)29-19-14-21(33)27(25-20(32)9-8-10-22(25)40)35-30(19)39(31(42)36-29)28-23(43-6)13-17(4)34-26(28)16(2)3;1-7-19(34)31-8-9-32(15(5)12-31)23-16-11-17(27)22(26)29-24(16)33(25(35)30-23)21-18(36-6)10-14(4)28-20(21)13(2)3/h7-10,13-14,16,18,40H,1,11-12,15H2,2-6H3;7,10-11,13,15H,1,8-9,12H2,2-6H3/t18-;15-/m00/s1. The first-order valence-electron chi connectivity index (χ1n) is 25.4. The molecule has 9 rings (SSSR count). The van der Waals surface area contributed by atoms with Gasteiger partial charge in [0, 0.05) is 72.5 Å². The van der Waals surface area contributed by atoms with Crippen LogP contribution in [0.5, 0.6) is 5.75 Å². The van der Waals surface area contributed by atoms with E-state index in [1.807, 2.05) is 89.8 Å². The molecule has 2 aliphatic heterocycles. The van der Waals surface area contributed by atoms with Crippen LogP contribution >= 0.6 is 35.1 Å². The van der Waals surface area contributed by atoms with Crippen molar-refractivity contribution >= 4 is 80.6 Å². The fraction of sp³-hybridized carbons (Fsp3) is 0.357. The molecule has 2 saturated heterocycles. The molecule has 0 radical (unpaired) electrons. The molecule has 0 aliphatic carbocycles. The second kappa shape index (κ2) is 23.6. The minimum Gasteiger partial charge on any atom is -0.507 e. The van der Waals surface area contributed by atoms with Gasteiger partial charge >= 0.3 is 11.4 Å². The third-order valence-electron chi connectivity index (χ3n) is 13.8. The smallest absolute Gasteiger partial charge is 0.355 e. The van der Waals surface area contributed by atoms with Crippen LogP contribution in [-0.2, 0) is 9.59 Å². The Morgan fingerprint density at radius 2 is 1.11 bits per heavy atom. The predicted octanol–water partition coefficient (Wildman–Crippen LogP) is 9.55. The number of carbonyl (C=O) groups is 2. The summed E-state index contributed by atoms with van der Waals surface area (Å²) in [5.41, 5.74) is 2.09. The van der Waals surface area contributed by atoms with Crippen LogP contribution in [0.4, 0.5) is 24.8 Å². The first kappa shape index (κ1) is 57.9. The van der Waals surface area contributed by atoms with E-state index in [0.29, 0.717) is 73.2 Å². The maximum atomic E-state index is 15.9. The number of hydrogen-bond donors (Lipinski definition) is 1. The molecule has 1 N–H and O–H groups in total. The molecule has 414 valence electrons. The van der Waals surface area contributed by atoms with Gasteiger partial charge in [-0.3, -0.25) is 19.6 Å². The van der Waals surface area contributed by atoms with Crippen molar-refractivity contribution in [3.63, 3.8) is 0 Å². The lowest BCUT2D eigenvalue weighted by molar-refractivity contribution is -0.127. The Kier molecular flexibility index (Phi) is 17.3. The van der Waals surface area contributed by atoms with Gasteiger partial charge in [-0.1, -0.05) is 58.5 Å². The van der Waals surface area contributed by atoms with Crippen molar-refractivity contribution in [2.75, 3.05) is 61.6 Å². The zero-order valence-corrected chi connectivity index (χ0v) is 47.8. The molecule has 2 fully saturated rings. The van der Waals surface area contributed by atoms with Crippen LogP contribution in [0.15, 0.2) is 87.2 Å². The Labute approximate surface area is 468 Å². The molecule has 23 heteroatoms. The lowest BCUT2D eigenvalue weighted by atomic mass is 10.1. The summed E-state index contributed by atoms with van der Waals surface area (Å²) in [6.45, 7) is 24.8. The molecular formula is C56H60ClF3N12O5S2. The van der Waals surface area contributed by atoms with E-state index in [4.69, 9.17) is 21.6 Å². The number of thioether (sulfide) groups is 2. The minimum atomic E-state index is -0.898. The lowest BCUT2D eigenvalue weighted by Crippen LogP contribution is -2.54. The van der Waals surface area contributed by atoms with E-state index in [1.54, 1.807) is 9.80 Å². The number of hydrogen-bond acceptors (Lipinski definition) is 15. The highest BCUT2D eigenvalue weighted by atomic mass is 35.5. The van der Waals surface area contributed by atoms with Gasteiger partial charge in [0.05, 0.1) is 39.1 Å². The number of aromatic nitrogens is 8. The summed E-state index contributed by atoms with van der Waals surface area (Å²) in [5.74, 6) is -2.93. The van der Waals surface area contributed by atoms with Gasteiger partial charge in [-0.05, 0) is 101 Å². The van der Waals surface area contributed by atoms with E-state index in [1.165, 1.54) is 69.1 Å².